The van der Waals surface area contributed by atoms with Gasteiger partial charge in [0.2, 0.25) is 0 Å². The molecule has 2 heterocycles. The Bertz CT molecular complexity index is 1080. The predicted molar refractivity (Wildman–Crippen MR) is 99.9 cm³/mol. The maximum Gasteiger partial charge on any atom is 0.351 e. The molecular formula is C20H20ClN3O2. The van der Waals surface area contributed by atoms with Crippen molar-refractivity contribution in [2.75, 3.05) is 18.0 Å². The molecule has 0 amide bonds. The zero-order chi connectivity index (χ0) is 17.4. The number of H-pyrrole nitrogens is 2. The van der Waals surface area contributed by atoms with Crippen molar-refractivity contribution in [2.24, 2.45) is 0 Å². The Kier molecular flexibility index (Phi) is 5.00. The van der Waals surface area contributed by atoms with Crippen molar-refractivity contribution in [2.45, 2.75) is 13.8 Å². The molecule has 0 aliphatic heterocycles. The van der Waals surface area contributed by atoms with E-state index in [2.05, 4.69) is 34.8 Å². The topological polar surface area (TPSA) is 63.4 Å². The molecule has 0 unspecified atom stereocenters. The average molecular weight is 370 g/mol. The zero-order valence-electron chi connectivity index (χ0n) is 14.7. The number of nitrogens with zero attached hydrogens (tertiary/aromatic N) is 1. The molecule has 2 aromatic heterocycles. The molecule has 26 heavy (non-hydrogen) atoms. The van der Waals surface area contributed by atoms with E-state index < -0.39 is 0 Å². The minimum absolute atomic E-state index is 0. The number of aromatic nitrogens is 2. The molecule has 0 saturated carbocycles. The first-order valence-corrected chi connectivity index (χ1v) is 8.53. The van der Waals surface area contributed by atoms with Crippen molar-refractivity contribution in [1.82, 2.24) is 4.98 Å². The van der Waals surface area contributed by atoms with E-state index in [1.165, 1.54) is 0 Å². The van der Waals surface area contributed by atoms with Gasteiger partial charge in [-0.25, -0.2) is 14.8 Å². The van der Waals surface area contributed by atoms with Crippen molar-refractivity contribution < 1.29 is 21.8 Å². The molecule has 0 aliphatic rings. The van der Waals surface area contributed by atoms with Crippen LogP contribution in [0.15, 0.2) is 57.7 Å². The molecule has 0 spiro atoms. The number of rotatable bonds is 4. The van der Waals surface area contributed by atoms with Gasteiger partial charge in [0.1, 0.15) is 11.1 Å². The molecular weight excluding hydrogens is 350 g/mol. The lowest BCUT2D eigenvalue weighted by Gasteiger charge is -2.20. The highest BCUT2D eigenvalue weighted by molar-refractivity contribution is 5.84. The average Bonchev–Trinajstić information content (AvgIpc) is 3.06. The molecule has 0 atom stereocenters. The van der Waals surface area contributed by atoms with Gasteiger partial charge >= 0.3 is 5.63 Å². The normalized spacial score (nSPS) is 10.8. The number of nitrogens with one attached hydrogen (secondary N) is 2. The summed E-state index contributed by atoms with van der Waals surface area (Å²) in [6.45, 7) is 6.04. The molecule has 0 aliphatic carbocycles. The fraction of sp³-hybridized carbons (Fsp3) is 0.200. The van der Waals surface area contributed by atoms with E-state index in [9.17, 15) is 4.79 Å². The summed E-state index contributed by atoms with van der Waals surface area (Å²) in [6.07, 6.45) is 0. The van der Waals surface area contributed by atoms with Gasteiger partial charge in [0.05, 0.1) is 0 Å². The van der Waals surface area contributed by atoms with Gasteiger partial charge < -0.3 is 21.7 Å². The van der Waals surface area contributed by atoms with E-state index in [4.69, 9.17) is 4.42 Å². The van der Waals surface area contributed by atoms with Crippen LogP contribution in [-0.2, 0) is 0 Å². The summed E-state index contributed by atoms with van der Waals surface area (Å²) in [5.41, 5.74) is 3.72. The molecule has 134 valence electrons. The third-order valence-electron chi connectivity index (χ3n) is 4.56. The summed E-state index contributed by atoms with van der Waals surface area (Å²) in [6, 6.07) is 15.7. The molecule has 4 rings (SSSR count). The zero-order valence-corrected chi connectivity index (χ0v) is 15.4. The summed E-state index contributed by atoms with van der Waals surface area (Å²) in [5, 5.41) is 0.901. The van der Waals surface area contributed by atoms with E-state index in [1.807, 2.05) is 42.5 Å². The van der Waals surface area contributed by atoms with Crippen LogP contribution in [0.2, 0.25) is 0 Å². The molecule has 2 N–H and O–H groups in total. The third-order valence-corrected chi connectivity index (χ3v) is 4.56. The summed E-state index contributed by atoms with van der Waals surface area (Å²) in [7, 11) is 0. The summed E-state index contributed by atoms with van der Waals surface area (Å²) < 4.78 is 5.60. The predicted octanol–water partition coefficient (Wildman–Crippen LogP) is 0.606. The van der Waals surface area contributed by atoms with Crippen molar-refractivity contribution >= 4 is 27.7 Å². The second kappa shape index (κ2) is 7.22. The quantitative estimate of drug-likeness (QED) is 0.536. The number of imidazole rings is 1. The highest BCUT2D eigenvalue weighted by Gasteiger charge is 2.18. The number of para-hydroxylation sites is 2. The van der Waals surface area contributed by atoms with Gasteiger partial charge in [-0.15, -0.1) is 0 Å². The molecule has 0 saturated heterocycles. The fourth-order valence-corrected chi connectivity index (χ4v) is 3.20. The SMILES string of the molecule is CCN(CC)c1ccc2cc(-c3[nH]c4ccccc4[nH+]3)c(=O)oc2c1.[Cl-]. The Balaban J connectivity index is 0.00000196. The molecule has 4 aromatic rings. The number of hydrogen-bond donors (Lipinski definition) is 1. The Labute approximate surface area is 157 Å². The fourth-order valence-electron chi connectivity index (χ4n) is 3.20. The number of benzene rings is 2. The van der Waals surface area contributed by atoms with Gasteiger partial charge in [0, 0.05) is 30.2 Å². The van der Waals surface area contributed by atoms with Crippen molar-refractivity contribution in [3.05, 3.63) is 59.0 Å². The van der Waals surface area contributed by atoms with E-state index in [1.54, 1.807) is 0 Å². The van der Waals surface area contributed by atoms with Crippen LogP contribution < -0.4 is 27.9 Å². The molecule has 0 bridgehead atoms. The van der Waals surface area contributed by atoms with Gasteiger partial charge in [-0.1, -0.05) is 12.1 Å². The highest BCUT2D eigenvalue weighted by atomic mass is 35.5. The largest absolute Gasteiger partial charge is 1.00 e. The molecule has 2 aromatic carbocycles. The van der Waals surface area contributed by atoms with Gasteiger partial charge in [-0.2, -0.15) is 0 Å². The first kappa shape index (κ1) is 18.0. The second-order valence-electron chi connectivity index (χ2n) is 6.01. The lowest BCUT2D eigenvalue weighted by molar-refractivity contribution is -0.330. The Morgan fingerprint density at radius 2 is 1.85 bits per heavy atom. The van der Waals surface area contributed by atoms with Crippen LogP contribution in [0.4, 0.5) is 5.69 Å². The van der Waals surface area contributed by atoms with Gasteiger partial charge in [0.15, 0.2) is 11.0 Å². The van der Waals surface area contributed by atoms with E-state index in [0.29, 0.717) is 17.0 Å². The van der Waals surface area contributed by atoms with Crippen LogP contribution in [0.5, 0.6) is 0 Å². The molecule has 0 radical (unpaired) electrons. The van der Waals surface area contributed by atoms with Crippen LogP contribution >= 0.6 is 0 Å². The number of halogens is 1. The maximum absolute atomic E-state index is 12.5. The van der Waals surface area contributed by atoms with E-state index >= 15 is 0 Å². The van der Waals surface area contributed by atoms with Crippen LogP contribution in [-0.4, -0.2) is 18.1 Å². The van der Waals surface area contributed by atoms with Crippen LogP contribution in [0.3, 0.4) is 0 Å². The second-order valence-corrected chi connectivity index (χ2v) is 6.01. The summed E-state index contributed by atoms with van der Waals surface area (Å²) >= 11 is 0. The summed E-state index contributed by atoms with van der Waals surface area (Å²) in [4.78, 5) is 21.2. The molecule has 6 heteroatoms. The number of hydrogen-bond acceptors (Lipinski definition) is 3. The minimum atomic E-state index is -0.355. The molecule has 5 nitrogen and oxygen atoms in total. The molecule has 0 fully saturated rings. The Morgan fingerprint density at radius 3 is 2.58 bits per heavy atom. The highest BCUT2D eigenvalue weighted by Crippen LogP contribution is 2.24. The first-order valence-electron chi connectivity index (χ1n) is 8.53. The van der Waals surface area contributed by atoms with Gasteiger partial charge in [-0.05, 0) is 44.2 Å². The van der Waals surface area contributed by atoms with Gasteiger partial charge in [-0.3, -0.25) is 0 Å². The third kappa shape index (κ3) is 3.06. The smallest absolute Gasteiger partial charge is 0.351 e. The van der Waals surface area contributed by atoms with Crippen molar-refractivity contribution in [3.8, 4) is 11.4 Å². The van der Waals surface area contributed by atoms with Crippen molar-refractivity contribution in [3.63, 3.8) is 0 Å². The maximum atomic E-state index is 12.5. The van der Waals surface area contributed by atoms with E-state index in [-0.39, 0.29) is 18.0 Å². The Hall–Kier alpha value is -2.79. The van der Waals surface area contributed by atoms with E-state index in [0.717, 1.165) is 35.2 Å². The van der Waals surface area contributed by atoms with Gasteiger partial charge in [0.25, 0.3) is 5.82 Å². The standard InChI is InChI=1S/C20H19N3O2.ClH/c1-3-23(4-2)14-10-9-13-11-15(20(24)25-18(13)12-14)19-21-16-7-5-6-8-17(16)22-19;/h5-12H,3-4H2,1-2H3,(H,21,22);1H. The number of fused-ring (bicyclic) bond motifs is 2. The lowest BCUT2D eigenvalue weighted by atomic mass is 10.1. The number of aromatic amines is 2. The van der Waals surface area contributed by atoms with Crippen LogP contribution in [0, 0.1) is 0 Å². The van der Waals surface area contributed by atoms with Crippen LogP contribution in [0.25, 0.3) is 33.4 Å². The number of anilines is 1. The minimum Gasteiger partial charge on any atom is -1.00 e. The monoisotopic (exact) mass is 369 g/mol. The first-order chi connectivity index (χ1) is 12.2. The summed E-state index contributed by atoms with van der Waals surface area (Å²) in [5.74, 6) is 0.657. The van der Waals surface area contributed by atoms with Crippen molar-refractivity contribution in [1.29, 1.82) is 0 Å². The lowest BCUT2D eigenvalue weighted by Crippen LogP contribution is -3.00. The van der Waals surface area contributed by atoms with Crippen LogP contribution in [0.1, 0.15) is 13.8 Å². The Morgan fingerprint density at radius 1 is 1.08 bits per heavy atom.